The molecule has 0 spiro atoms. The van der Waals surface area contributed by atoms with Crippen molar-refractivity contribution >= 4 is 49.8 Å². The number of benzene rings is 1. The van der Waals surface area contributed by atoms with Crippen LogP contribution in [0.3, 0.4) is 0 Å². The first-order chi connectivity index (χ1) is 18.4. The lowest BCUT2D eigenvalue weighted by atomic mass is 9.92. The van der Waals surface area contributed by atoms with E-state index in [0.29, 0.717) is 52.2 Å². The highest BCUT2D eigenvalue weighted by atomic mass is 35.5. The van der Waals surface area contributed by atoms with Gasteiger partial charge in [0.2, 0.25) is 0 Å². The summed E-state index contributed by atoms with van der Waals surface area (Å²) in [5.74, 6) is 0.392. The number of sulfone groups is 1. The van der Waals surface area contributed by atoms with Crippen molar-refractivity contribution in [1.82, 2.24) is 25.5 Å². The van der Waals surface area contributed by atoms with Crippen molar-refractivity contribution in [2.45, 2.75) is 25.5 Å². The molecule has 1 atom stereocenters. The van der Waals surface area contributed by atoms with Crippen molar-refractivity contribution in [3.05, 3.63) is 64.3 Å². The van der Waals surface area contributed by atoms with Crippen molar-refractivity contribution in [1.29, 1.82) is 0 Å². The van der Waals surface area contributed by atoms with E-state index in [0.717, 1.165) is 10.9 Å². The number of nitrogens with one attached hydrogen (secondary N) is 2. The van der Waals surface area contributed by atoms with Gasteiger partial charge >= 0.3 is 0 Å². The number of pyridine rings is 2. The standard InChI is InChI=1S/C26H27Cl2FN6O3S/c1-15(23-19(27)11-30-12-20(23)28)38-17-4-5-22-18(9-17)24(34-33-22)16-8-21(29)25(31-10-16)35-13-26(2,14-35)32-6-7-39(3,36)37/h4-5,8-12,15,32H,6-7,13-14H2,1-3H3,(H,33,34)/t15-/m1/s1. The number of anilines is 1. The Morgan fingerprint density at radius 1 is 1.21 bits per heavy atom. The van der Waals surface area contributed by atoms with Crippen LogP contribution in [-0.4, -0.2) is 65.8 Å². The summed E-state index contributed by atoms with van der Waals surface area (Å²) in [7, 11) is -3.05. The van der Waals surface area contributed by atoms with Crippen LogP contribution in [0.1, 0.15) is 25.5 Å². The summed E-state index contributed by atoms with van der Waals surface area (Å²) in [5, 5.41) is 12.2. The van der Waals surface area contributed by atoms with Gasteiger partial charge in [-0.2, -0.15) is 5.10 Å². The third-order valence-corrected chi connectivity index (χ3v) is 8.19. The Labute approximate surface area is 235 Å². The van der Waals surface area contributed by atoms with E-state index < -0.39 is 21.8 Å². The fourth-order valence-corrected chi connectivity index (χ4v) is 5.89. The zero-order valence-electron chi connectivity index (χ0n) is 21.5. The molecule has 1 aromatic carbocycles. The molecule has 0 saturated carbocycles. The largest absolute Gasteiger partial charge is 0.486 e. The molecule has 1 saturated heterocycles. The predicted molar refractivity (Wildman–Crippen MR) is 151 cm³/mol. The van der Waals surface area contributed by atoms with Crippen LogP contribution < -0.4 is 15.0 Å². The molecule has 0 radical (unpaired) electrons. The molecule has 0 bridgehead atoms. The quantitative estimate of drug-likeness (QED) is 0.284. The van der Waals surface area contributed by atoms with Crippen LogP contribution in [0.15, 0.2) is 42.9 Å². The molecule has 39 heavy (non-hydrogen) atoms. The number of halogens is 3. The Hall–Kier alpha value is -2.99. The molecule has 0 aliphatic carbocycles. The maximum absolute atomic E-state index is 15.2. The number of aromatic nitrogens is 4. The van der Waals surface area contributed by atoms with Crippen LogP contribution in [-0.2, 0) is 9.84 Å². The van der Waals surface area contributed by atoms with Gasteiger partial charge in [0.25, 0.3) is 0 Å². The molecule has 2 N–H and O–H groups in total. The van der Waals surface area contributed by atoms with Crippen LogP contribution in [0.25, 0.3) is 22.2 Å². The van der Waals surface area contributed by atoms with Crippen LogP contribution in [0, 0.1) is 5.82 Å². The van der Waals surface area contributed by atoms with Gasteiger partial charge in [-0.15, -0.1) is 0 Å². The van der Waals surface area contributed by atoms with Gasteiger partial charge in [-0.05, 0) is 38.1 Å². The predicted octanol–water partition coefficient (Wildman–Crippen LogP) is 4.82. The maximum Gasteiger partial charge on any atom is 0.166 e. The van der Waals surface area contributed by atoms with Gasteiger partial charge in [0.15, 0.2) is 11.6 Å². The van der Waals surface area contributed by atoms with E-state index in [1.165, 1.54) is 24.7 Å². The smallest absolute Gasteiger partial charge is 0.166 e. The zero-order valence-corrected chi connectivity index (χ0v) is 23.8. The van der Waals surface area contributed by atoms with Gasteiger partial charge in [-0.3, -0.25) is 10.1 Å². The second-order valence-electron chi connectivity index (χ2n) is 10.1. The molecule has 3 aromatic heterocycles. The first kappa shape index (κ1) is 27.6. The minimum absolute atomic E-state index is 0.0540. The lowest BCUT2D eigenvalue weighted by Gasteiger charge is -2.49. The summed E-state index contributed by atoms with van der Waals surface area (Å²) in [5.41, 5.74) is 2.14. The summed E-state index contributed by atoms with van der Waals surface area (Å²) in [6.45, 7) is 5.18. The van der Waals surface area contributed by atoms with Gasteiger partial charge in [0.1, 0.15) is 27.4 Å². The van der Waals surface area contributed by atoms with Crippen LogP contribution in [0.5, 0.6) is 5.75 Å². The van der Waals surface area contributed by atoms with Crippen LogP contribution in [0.4, 0.5) is 10.2 Å². The zero-order chi connectivity index (χ0) is 27.9. The van der Waals surface area contributed by atoms with Crippen molar-refractivity contribution in [3.63, 3.8) is 0 Å². The molecule has 206 valence electrons. The Kier molecular flexibility index (Phi) is 7.45. The van der Waals surface area contributed by atoms with Gasteiger partial charge in [-0.25, -0.2) is 17.8 Å². The SMILES string of the molecule is C[C@@H](Oc1ccc2[nH]nc(-c3cnc(N4CC(C)(NCCS(C)(=O)=O)C4)c(F)c3)c2c1)c1c(Cl)cncc1Cl. The van der Waals surface area contributed by atoms with Crippen LogP contribution >= 0.6 is 23.2 Å². The molecule has 4 aromatic rings. The van der Waals surface area contributed by atoms with E-state index in [1.54, 1.807) is 12.3 Å². The number of rotatable bonds is 9. The van der Waals surface area contributed by atoms with Crippen molar-refractivity contribution in [2.75, 3.05) is 36.5 Å². The van der Waals surface area contributed by atoms with E-state index in [4.69, 9.17) is 27.9 Å². The maximum atomic E-state index is 15.2. The van der Waals surface area contributed by atoms with Crippen molar-refractivity contribution in [2.24, 2.45) is 0 Å². The minimum Gasteiger partial charge on any atom is -0.486 e. The summed E-state index contributed by atoms with van der Waals surface area (Å²) in [6.07, 6.45) is 5.38. The van der Waals surface area contributed by atoms with E-state index in [9.17, 15) is 8.42 Å². The Morgan fingerprint density at radius 3 is 2.59 bits per heavy atom. The van der Waals surface area contributed by atoms with E-state index in [2.05, 4.69) is 25.5 Å². The molecule has 0 unspecified atom stereocenters. The molecule has 5 rings (SSSR count). The molecular weight excluding hydrogens is 566 g/mol. The first-order valence-electron chi connectivity index (χ1n) is 12.2. The van der Waals surface area contributed by atoms with Crippen molar-refractivity contribution < 1.29 is 17.5 Å². The number of aromatic amines is 1. The molecule has 1 fully saturated rings. The summed E-state index contributed by atoms with van der Waals surface area (Å²) in [6, 6.07) is 6.87. The minimum atomic E-state index is -3.05. The molecular formula is C26H27Cl2FN6O3S. The fourth-order valence-electron chi connectivity index (χ4n) is 4.75. The number of hydrogen-bond donors (Lipinski definition) is 2. The first-order valence-corrected chi connectivity index (χ1v) is 15.0. The number of H-pyrrole nitrogens is 1. The molecule has 13 heteroatoms. The van der Waals surface area contributed by atoms with Gasteiger partial charge in [0.05, 0.1) is 26.9 Å². The lowest BCUT2D eigenvalue weighted by Crippen LogP contribution is -2.68. The number of hydrogen-bond acceptors (Lipinski definition) is 8. The molecule has 0 amide bonds. The van der Waals surface area contributed by atoms with E-state index in [1.807, 2.05) is 30.9 Å². The average molecular weight is 594 g/mol. The number of ether oxygens (including phenoxy) is 1. The fraction of sp³-hybridized carbons (Fsp3) is 0.346. The van der Waals surface area contributed by atoms with Crippen molar-refractivity contribution in [3.8, 4) is 17.0 Å². The number of nitrogens with zero attached hydrogens (tertiary/aromatic N) is 4. The Morgan fingerprint density at radius 2 is 1.92 bits per heavy atom. The Bertz CT molecular complexity index is 1620. The second-order valence-corrected chi connectivity index (χ2v) is 13.1. The lowest BCUT2D eigenvalue weighted by molar-refractivity contribution is 0.227. The van der Waals surface area contributed by atoms with Crippen LogP contribution in [0.2, 0.25) is 10.0 Å². The normalized spacial score (nSPS) is 15.8. The number of fused-ring (bicyclic) bond motifs is 1. The monoisotopic (exact) mass is 592 g/mol. The van der Waals surface area contributed by atoms with E-state index in [-0.39, 0.29) is 17.1 Å². The van der Waals surface area contributed by atoms with Gasteiger partial charge in [0, 0.05) is 61.0 Å². The highest BCUT2D eigenvalue weighted by molar-refractivity contribution is 7.90. The molecule has 1 aliphatic rings. The van der Waals surface area contributed by atoms with E-state index >= 15 is 4.39 Å². The summed E-state index contributed by atoms with van der Waals surface area (Å²) in [4.78, 5) is 10.2. The second kappa shape index (κ2) is 10.5. The molecule has 4 heterocycles. The third kappa shape index (κ3) is 5.96. The highest BCUT2D eigenvalue weighted by Crippen LogP contribution is 2.36. The third-order valence-electron chi connectivity index (χ3n) is 6.64. The topological polar surface area (TPSA) is 113 Å². The summed E-state index contributed by atoms with van der Waals surface area (Å²) >= 11 is 12.6. The Balaban J connectivity index is 1.32. The summed E-state index contributed by atoms with van der Waals surface area (Å²) < 4.78 is 44.1. The molecule has 1 aliphatic heterocycles. The highest BCUT2D eigenvalue weighted by Gasteiger charge is 2.40. The van der Waals surface area contributed by atoms with Gasteiger partial charge < -0.3 is 15.0 Å². The molecule has 9 nitrogen and oxygen atoms in total. The van der Waals surface area contributed by atoms with Gasteiger partial charge in [-0.1, -0.05) is 23.2 Å². The average Bonchev–Trinajstić information content (AvgIpc) is 3.25.